The molecule has 0 aromatic rings. The van der Waals surface area contributed by atoms with Gasteiger partial charge in [-0.1, -0.05) is 6.08 Å². The summed E-state index contributed by atoms with van der Waals surface area (Å²) >= 11 is 0. The minimum absolute atomic E-state index is 0.000417. The van der Waals surface area contributed by atoms with E-state index in [9.17, 15) is 0 Å². The Morgan fingerprint density at radius 3 is 2.64 bits per heavy atom. The molecule has 0 fully saturated rings. The van der Waals surface area contributed by atoms with Crippen LogP contribution in [-0.2, 0) is 0 Å². The van der Waals surface area contributed by atoms with E-state index < -0.39 is 0 Å². The van der Waals surface area contributed by atoms with Crippen LogP contribution >= 0.6 is 0 Å². The molecule has 4 heteroatoms. The molecule has 0 amide bonds. The van der Waals surface area contributed by atoms with Gasteiger partial charge in [0.25, 0.3) is 0 Å². The molecule has 0 aliphatic heterocycles. The fraction of sp³-hybridized carbons (Fsp3) is 0.143. The lowest BCUT2D eigenvalue weighted by molar-refractivity contribution is 1.25. The van der Waals surface area contributed by atoms with Gasteiger partial charge < -0.3 is 16.9 Å². The second-order valence-corrected chi connectivity index (χ2v) is 2.36. The molecule has 1 aliphatic rings. The highest BCUT2D eigenvalue weighted by Gasteiger charge is 2.08. The van der Waals surface area contributed by atoms with E-state index in [0.717, 1.165) is 0 Å². The third-order valence-corrected chi connectivity index (χ3v) is 1.50. The molecule has 0 radical (unpaired) electrons. The molecule has 0 aromatic carbocycles. The van der Waals surface area contributed by atoms with Crippen LogP contribution in [0, 0.1) is 10.8 Å². The van der Waals surface area contributed by atoms with Gasteiger partial charge in [0.15, 0.2) is 0 Å². The van der Waals surface area contributed by atoms with E-state index in [1.807, 2.05) is 0 Å². The highest BCUT2D eigenvalue weighted by Crippen LogP contribution is 2.09. The largest absolute Gasteiger partial charge is 0.397 e. The lowest BCUT2D eigenvalue weighted by Gasteiger charge is -2.09. The first-order chi connectivity index (χ1) is 5.11. The molecule has 11 heavy (non-hydrogen) atoms. The molecule has 58 valence electrons. The number of nitrogens with one attached hydrogen (secondary N) is 2. The zero-order valence-corrected chi connectivity index (χ0v) is 6.02. The van der Waals surface area contributed by atoms with Crippen molar-refractivity contribution in [2.24, 2.45) is 11.5 Å². The summed E-state index contributed by atoms with van der Waals surface area (Å²) in [6.45, 7) is 0. The molecule has 4 nitrogen and oxygen atoms in total. The first kappa shape index (κ1) is 7.53. The van der Waals surface area contributed by atoms with Crippen molar-refractivity contribution >= 4 is 11.5 Å². The van der Waals surface area contributed by atoms with Gasteiger partial charge in [-0.25, -0.2) is 0 Å². The van der Waals surface area contributed by atoms with Crippen molar-refractivity contribution in [1.29, 1.82) is 10.8 Å². The summed E-state index contributed by atoms with van der Waals surface area (Å²) in [5.74, 6) is 0.000417. The molecule has 0 saturated heterocycles. The van der Waals surface area contributed by atoms with Crippen LogP contribution in [0.4, 0.5) is 0 Å². The normalized spacial score (nSPS) is 17.3. The van der Waals surface area contributed by atoms with Crippen LogP contribution in [0.3, 0.4) is 0 Å². The number of amidine groups is 1. The summed E-state index contributed by atoms with van der Waals surface area (Å²) in [7, 11) is 0. The average molecular weight is 150 g/mol. The van der Waals surface area contributed by atoms with E-state index in [0.29, 0.717) is 23.4 Å². The van der Waals surface area contributed by atoms with Gasteiger partial charge in [-0.3, -0.25) is 5.41 Å². The summed E-state index contributed by atoms with van der Waals surface area (Å²) in [5, 5.41) is 14.4. The van der Waals surface area contributed by atoms with Crippen molar-refractivity contribution in [2.75, 3.05) is 0 Å². The minimum atomic E-state index is 0.000417. The van der Waals surface area contributed by atoms with Crippen LogP contribution in [-0.4, -0.2) is 11.5 Å². The molecule has 0 aromatic heterocycles. The first-order valence-electron chi connectivity index (χ1n) is 3.21. The van der Waals surface area contributed by atoms with E-state index >= 15 is 0 Å². The molecule has 1 aliphatic carbocycles. The summed E-state index contributed by atoms with van der Waals surface area (Å²) in [4.78, 5) is 0. The van der Waals surface area contributed by atoms with E-state index in [4.69, 9.17) is 22.3 Å². The lowest BCUT2D eigenvalue weighted by Crippen LogP contribution is -2.19. The topological polar surface area (TPSA) is 99.7 Å². The number of rotatable bonds is 1. The number of allylic oxidation sites excluding steroid dienone is 2. The molecular formula is C7H10N4. The maximum absolute atomic E-state index is 7.28. The summed E-state index contributed by atoms with van der Waals surface area (Å²) in [6, 6.07) is 0. The van der Waals surface area contributed by atoms with Crippen LogP contribution in [0.5, 0.6) is 0 Å². The predicted molar refractivity (Wildman–Crippen MR) is 44.6 cm³/mol. The van der Waals surface area contributed by atoms with E-state index in [1.54, 1.807) is 12.2 Å². The standard InChI is InChI=1S/C7H10N4/c8-5-2-1-4(7(10)11)3-6(5)9/h1,3,8H,2,9H2,(H3,10,11). The number of nitrogens with two attached hydrogens (primary N) is 2. The fourth-order valence-electron chi connectivity index (χ4n) is 0.831. The smallest absolute Gasteiger partial charge is 0.122 e. The molecule has 0 bridgehead atoms. The van der Waals surface area contributed by atoms with Crippen molar-refractivity contribution in [3.05, 3.63) is 23.4 Å². The summed E-state index contributed by atoms with van der Waals surface area (Å²) in [5.41, 5.74) is 12.1. The van der Waals surface area contributed by atoms with Crippen LogP contribution in [0.2, 0.25) is 0 Å². The Bertz CT molecular complexity index is 272. The van der Waals surface area contributed by atoms with E-state index in [1.165, 1.54) is 0 Å². The Labute approximate surface area is 64.6 Å². The van der Waals surface area contributed by atoms with Crippen molar-refractivity contribution < 1.29 is 0 Å². The highest BCUT2D eigenvalue weighted by molar-refractivity contribution is 6.06. The maximum Gasteiger partial charge on any atom is 0.122 e. The number of hydrogen-bond acceptors (Lipinski definition) is 3. The SMILES string of the molecule is N=C(N)C1=CCC(=N)C(N)=C1. The van der Waals surface area contributed by atoms with Crippen LogP contribution in [0.1, 0.15) is 6.42 Å². The zero-order chi connectivity index (χ0) is 8.43. The van der Waals surface area contributed by atoms with E-state index in [2.05, 4.69) is 0 Å². The minimum Gasteiger partial charge on any atom is -0.397 e. The van der Waals surface area contributed by atoms with Crippen molar-refractivity contribution in [1.82, 2.24) is 0 Å². The molecule has 0 unspecified atom stereocenters. The Kier molecular flexibility index (Phi) is 1.76. The molecule has 1 rings (SSSR count). The zero-order valence-electron chi connectivity index (χ0n) is 6.02. The van der Waals surface area contributed by atoms with Gasteiger partial charge in [0.2, 0.25) is 0 Å². The second-order valence-electron chi connectivity index (χ2n) is 2.36. The molecule has 0 saturated carbocycles. The molecule has 0 atom stereocenters. The Morgan fingerprint density at radius 2 is 2.18 bits per heavy atom. The van der Waals surface area contributed by atoms with Gasteiger partial charge >= 0.3 is 0 Å². The van der Waals surface area contributed by atoms with Gasteiger partial charge in [0.05, 0.1) is 11.4 Å². The predicted octanol–water partition coefficient (Wildman–Crippen LogP) is 0.115. The third kappa shape index (κ3) is 1.46. The van der Waals surface area contributed by atoms with Crippen LogP contribution < -0.4 is 11.5 Å². The Hall–Kier alpha value is -1.58. The average Bonchev–Trinajstić information content (AvgIpc) is 1.94. The van der Waals surface area contributed by atoms with Gasteiger partial charge in [-0.05, 0) is 6.08 Å². The molecule has 0 heterocycles. The van der Waals surface area contributed by atoms with Crippen molar-refractivity contribution in [3.8, 4) is 0 Å². The highest BCUT2D eigenvalue weighted by atomic mass is 14.7. The van der Waals surface area contributed by atoms with Crippen molar-refractivity contribution in [2.45, 2.75) is 6.42 Å². The maximum atomic E-state index is 7.28. The molecular weight excluding hydrogens is 140 g/mol. The lowest BCUT2D eigenvalue weighted by atomic mass is 10.0. The van der Waals surface area contributed by atoms with E-state index in [-0.39, 0.29) is 5.84 Å². The summed E-state index contributed by atoms with van der Waals surface area (Å²) in [6.07, 6.45) is 3.74. The van der Waals surface area contributed by atoms with Gasteiger partial charge in [-0.15, -0.1) is 0 Å². The number of hydrogen-bond donors (Lipinski definition) is 4. The second kappa shape index (κ2) is 2.57. The van der Waals surface area contributed by atoms with Gasteiger partial charge in [0.1, 0.15) is 5.84 Å². The third-order valence-electron chi connectivity index (χ3n) is 1.50. The fourth-order valence-corrected chi connectivity index (χ4v) is 0.831. The molecule has 6 N–H and O–H groups in total. The van der Waals surface area contributed by atoms with Crippen LogP contribution in [0.15, 0.2) is 23.4 Å². The molecule has 0 spiro atoms. The van der Waals surface area contributed by atoms with Gasteiger partial charge in [-0.2, -0.15) is 0 Å². The quantitative estimate of drug-likeness (QED) is 0.315. The Morgan fingerprint density at radius 1 is 1.55 bits per heavy atom. The Balaban J connectivity index is 2.91. The monoisotopic (exact) mass is 150 g/mol. The van der Waals surface area contributed by atoms with Gasteiger partial charge in [0, 0.05) is 12.0 Å². The van der Waals surface area contributed by atoms with Crippen molar-refractivity contribution in [3.63, 3.8) is 0 Å². The first-order valence-corrected chi connectivity index (χ1v) is 3.21. The summed E-state index contributed by atoms with van der Waals surface area (Å²) < 4.78 is 0. The van der Waals surface area contributed by atoms with Crippen LogP contribution in [0.25, 0.3) is 0 Å².